The highest BCUT2D eigenvalue weighted by Crippen LogP contribution is 2.21. The van der Waals surface area contributed by atoms with E-state index in [1.54, 1.807) is 38.5 Å². The third kappa shape index (κ3) is 4.82. The molecule has 3 rings (SSSR count). The zero-order chi connectivity index (χ0) is 19.9. The van der Waals surface area contributed by atoms with Crippen molar-refractivity contribution in [3.05, 3.63) is 54.1 Å². The van der Waals surface area contributed by atoms with Gasteiger partial charge in [-0.2, -0.15) is 0 Å². The van der Waals surface area contributed by atoms with E-state index in [0.29, 0.717) is 24.4 Å². The Morgan fingerprint density at radius 2 is 1.54 bits per heavy atom. The van der Waals surface area contributed by atoms with E-state index in [2.05, 4.69) is 4.90 Å². The van der Waals surface area contributed by atoms with Gasteiger partial charge in [-0.1, -0.05) is 12.1 Å². The summed E-state index contributed by atoms with van der Waals surface area (Å²) in [5.74, 6) is 1.47. The maximum absolute atomic E-state index is 12.5. The first kappa shape index (κ1) is 19.7. The van der Waals surface area contributed by atoms with Crippen LogP contribution >= 0.6 is 0 Å². The third-order valence-corrected chi connectivity index (χ3v) is 5.03. The Bertz CT molecular complexity index is 812. The average Bonchev–Trinajstić information content (AvgIpc) is 2.77. The fourth-order valence-electron chi connectivity index (χ4n) is 3.33. The van der Waals surface area contributed by atoms with Crippen molar-refractivity contribution in [2.45, 2.75) is 12.8 Å². The molecule has 0 saturated carbocycles. The lowest BCUT2D eigenvalue weighted by atomic mass is 10.1. The first-order valence-electron chi connectivity index (χ1n) is 9.44. The van der Waals surface area contributed by atoms with Gasteiger partial charge in [0.1, 0.15) is 11.5 Å². The van der Waals surface area contributed by atoms with Gasteiger partial charge in [-0.25, -0.2) is 0 Å². The average molecular weight is 382 g/mol. The van der Waals surface area contributed by atoms with Crippen molar-refractivity contribution in [2.75, 3.05) is 45.3 Å². The van der Waals surface area contributed by atoms with Crippen LogP contribution in [0.25, 0.3) is 0 Å². The number of nitrogens with zero attached hydrogens (tertiary/aromatic N) is 2. The van der Waals surface area contributed by atoms with Crippen LogP contribution in [-0.2, 0) is 4.79 Å². The van der Waals surface area contributed by atoms with E-state index < -0.39 is 0 Å². The molecule has 0 spiro atoms. The molecular formula is C22H26N2O4. The summed E-state index contributed by atoms with van der Waals surface area (Å²) in [4.78, 5) is 28.9. The number of hydrogen-bond acceptors (Lipinski definition) is 5. The quantitative estimate of drug-likeness (QED) is 0.689. The maximum Gasteiger partial charge on any atom is 0.223 e. The summed E-state index contributed by atoms with van der Waals surface area (Å²) in [6.45, 7) is 2.89. The van der Waals surface area contributed by atoms with Crippen LogP contribution in [0.5, 0.6) is 11.5 Å². The molecule has 1 fully saturated rings. The summed E-state index contributed by atoms with van der Waals surface area (Å²) in [5.41, 5.74) is 1.71. The maximum atomic E-state index is 12.5. The molecule has 28 heavy (non-hydrogen) atoms. The minimum atomic E-state index is -0.0379. The van der Waals surface area contributed by atoms with Crippen LogP contribution in [0.2, 0.25) is 0 Å². The van der Waals surface area contributed by atoms with Crippen molar-refractivity contribution >= 4 is 17.4 Å². The molecule has 1 heterocycles. The molecule has 6 heteroatoms. The van der Waals surface area contributed by atoms with Crippen molar-refractivity contribution in [3.8, 4) is 11.5 Å². The second-order valence-corrected chi connectivity index (χ2v) is 6.72. The number of carbonyl (C=O) groups is 2. The highest BCUT2D eigenvalue weighted by molar-refractivity contribution is 5.98. The van der Waals surface area contributed by atoms with Gasteiger partial charge >= 0.3 is 0 Å². The number of carbonyl (C=O) groups excluding carboxylic acids is 2. The van der Waals surface area contributed by atoms with Gasteiger partial charge in [0.15, 0.2) is 5.78 Å². The van der Waals surface area contributed by atoms with E-state index in [0.717, 1.165) is 24.5 Å². The third-order valence-electron chi connectivity index (χ3n) is 5.03. The van der Waals surface area contributed by atoms with Gasteiger partial charge in [0.05, 0.1) is 14.2 Å². The number of Topliss-reactive ketones (excluding diaryl/α,β-unsaturated/α-hetero) is 1. The highest BCUT2D eigenvalue weighted by atomic mass is 16.5. The molecule has 1 aliphatic rings. The van der Waals surface area contributed by atoms with Crippen LogP contribution < -0.4 is 14.4 Å². The zero-order valence-electron chi connectivity index (χ0n) is 16.4. The lowest BCUT2D eigenvalue weighted by Gasteiger charge is -2.36. The fraction of sp³-hybridized carbons (Fsp3) is 0.364. The predicted molar refractivity (Wildman–Crippen MR) is 108 cm³/mol. The van der Waals surface area contributed by atoms with Gasteiger partial charge in [0, 0.05) is 50.3 Å². The number of ketones is 1. The van der Waals surface area contributed by atoms with Gasteiger partial charge < -0.3 is 19.3 Å². The van der Waals surface area contributed by atoms with Gasteiger partial charge in [0.25, 0.3) is 0 Å². The number of benzene rings is 2. The molecule has 0 unspecified atom stereocenters. The normalized spacial score (nSPS) is 13.9. The zero-order valence-corrected chi connectivity index (χ0v) is 16.4. The van der Waals surface area contributed by atoms with Crippen LogP contribution in [0, 0.1) is 0 Å². The van der Waals surface area contributed by atoms with E-state index in [-0.39, 0.29) is 24.5 Å². The Balaban J connectivity index is 1.47. The van der Waals surface area contributed by atoms with Crippen LogP contribution in [0.15, 0.2) is 48.5 Å². The lowest BCUT2D eigenvalue weighted by molar-refractivity contribution is -0.131. The molecule has 0 radical (unpaired) electrons. The lowest BCUT2D eigenvalue weighted by Crippen LogP contribution is -2.48. The molecule has 0 N–H and O–H groups in total. The minimum absolute atomic E-state index is 0.0330. The largest absolute Gasteiger partial charge is 0.497 e. The molecule has 1 saturated heterocycles. The van der Waals surface area contributed by atoms with Crippen molar-refractivity contribution in [1.82, 2.24) is 4.90 Å². The summed E-state index contributed by atoms with van der Waals surface area (Å²) in [6.07, 6.45) is 0.448. The Kier molecular flexibility index (Phi) is 6.53. The Hall–Kier alpha value is -3.02. The Labute approximate surface area is 165 Å². The van der Waals surface area contributed by atoms with Crippen LogP contribution in [0.3, 0.4) is 0 Å². The summed E-state index contributed by atoms with van der Waals surface area (Å²) >= 11 is 0. The van der Waals surface area contributed by atoms with Gasteiger partial charge in [-0.05, 0) is 36.4 Å². The van der Waals surface area contributed by atoms with Crippen molar-refractivity contribution < 1.29 is 19.1 Å². The molecule has 0 atom stereocenters. The van der Waals surface area contributed by atoms with E-state index >= 15 is 0 Å². The first-order chi connectivity index (χ1) is 13.6. The molecular weight excluding hydrogens is 356 g/mol. The van der Waals surface area contributed by atoms with Gasteiger partial charge in [-0.3, -0.25) is 9.59 Å². The number of hydrogen-bond donors (Lipinski definition) is 0. The standard InChI is InChI=1S/C22H26N2O4/c1-27-19-8-6-18(7-9-19)23-12-14-24(15-13-23)22(26)11-10-21(25)17-4-3-5-20(16-17)28-2/h3-9,16H,10-15H2,1-2H3. The number of methoxy groups -OCH3 is 2. The topological polar surface area (TPSA) is 59.1 Å². The predicted octanol–water partition coefficient (Wildman–Crippen LogP) is 3.02. The van der Waals surface area contributed by atoms with Crippen LogP contribution in [0.4, 0.5) is 5.69 Å². The van der Waals surface area contributed by atoms with Crippen molar-refractivity contribution in [1.29, 1.82) is 0 Å². The molecule has 0 aromatic heterocycles. The summed E-state index contributed by atoms with van der Waals surface area (Å²) < 4.78 is 10.3. The van der Waals surface area contributed by atoms with E-state index in [1.807, 2.05) is 29.2 Å². The molecule has 1 amide bonds. The molecule has 2 aromatic carbocycles. The smallest absolute Gasteiger partial charge is 0.223 e. The molecule has 1 aliphatic heterocycles. The summed E-state index contributed by atoms with van der Waals surface area (Å²) in [5, 5.41) is 0. The minimum Gasteiger partial charge on any atom is -0.497 e. The van der Waals surface area contributed by atoms with Gasteiger partial charge in [0.2, 0.25) is 5.91 Å². The molecule has 148 valence electrons. The molecule has 0 aliphatic carbocycles. The Morgan fingerprint density at radius 3 is 2.18 bits per heavy atom. The SMILES string of the molecule is COc1ccc(N2CCN(C(=O)CCC(=O)c3cccc(OC)c3)CC2)cc1. The molecule has 2 aromatic rings. The molecule has 6 nitrogen and oxygen atoms in total. The first-order valence-corrected chi connectivity index (χ1v) is 9.44. The summed E-state index contributed by atoms with van der Waals surface area (Å²) in [6, 6.07) is 15.0. The highest BCUT2D eigenvalue weighted by Gasteiger charge is 2.22. The number of piperazine rings is 1. The van der Waals surface area contributed by atoms with Gasteiger partial charge in [-0.15, -0.1) is 0 Å². The monoisotopic (exact) mass is 382 g/mol. The molecule has 0 bridgehead atoms. The van der Waals surface area contributed by atoms with E-state index in [4.69, 9.17) is 9.47 Å². The Morgan fingerprint density at radius 1 is 0.857 bits per heavy atom. The number of anilines is 1. The van der Waals surface area contributed by atoms with Crippen LogP contribution in [-0.4, -0.2) is 57.0 Å². The van der Waals surface area contributed by atoms with E-state index in [1.165, 1.54) is 0 Å². The van der Waals surface area contributed by atoms with Crippen molar-refractivity contribution in [2.24, 2.45) is 0 Å². The number of rotatable bonds is 7. The summed E-state index contributed by atoms with van der Waals surface area (Å²) in [7, 11) is 3.22. The second kappa shape index (κ2) is 9.26. The fourth-order valence-corrected chi connectivity index (χ4v) is 3.33. The van der Waals surface area contributed by atoms with Crippen LogP contribution in [0.1, 0.15) is 23.2 Å². The second-order valence-electron chi connectivity index (χ2n) is 6.72. The van der Waals surface area contributed by atoms with E-state index in [9.17, 15) is 9.59 Å². The number of ether oxygens (including phenoxy) is 2. The van der Waals surface area contributed by atoms with Crippen molar-refractivity contribution in [3.63, 3.8) is 0 Å². The number of amides is 1.